The van der Waals surface area contributed by atoms with Gasteiger partial charge < -0.3 is 14.7 Å². The van der Waals surface area contributed by atoms with Crippen LogP contribution in [0.5, 0.6) is 0 Å². The predicted octanol–water partition coefficient (Wildman–Crippen LogP) is -1.56. The van der Waals surface area contributed by atoms with Crippen molar-refractivity contribution >= 4 is 18.2 Å². The van der Waals surface area contributed by atoms with Crippen molar-refractivity contribution in [3.05, 3.63) is 0 Å². The smallest absolute Gasteiger partial charge is 0.303 e. The van der Waals surface area contributed by atoms with E-state index in [-0.39, 0.29) is 0 Å². The van der Waals surface area contributed by atoms with Gasteiger partial charge >= 0.3 is 18.2 Å². The zero-order valence-electron chi connectivity index (χ0n) is 5.21. The highest BCUT2D eigenvalue weighted by Crippen LogP contribution is 2.25. The Labute approximate surface area is 66.5 Å². The van der Waals surface area contributed by atoms with Crippen LogP contribution in [-0.2, 0) is 15.0 Å². The second kappa shape index (κ2) is 7.54. The van der Waals surface area contributed by atoms with Gasteiger partial charge in [0.05, 0.1) is 0 Å². The Morgan fingerprint density at radius 1 is 0.917 bits per heavy atom. The third kappa shape index (κ3) is 78400. The highest BCUT2D eigenvalue weighted by Gasteiger charge is 2.00. The van der Waals surface area contributed by atoms with Gasteiger partial charge in [-0.15, -0.1) is 0 Å². The molecular weight excluding hydrogens is 223 g/mol. The molecule has 0 saturated carbocycles. The van der Waals surface area contributed by atoms with Crippen molar-refractivity contribution in [2.45, 2.75) is 0 Å². The van der Waals surface area contributed by atoms with Gasteiger partial charge in [0.25, 0.3) is 0 Å². The molecule has 78 valence electrons. The average Bonchev–Trinajstić information content (AvgIpc) is 1.59. The monoisotopic (exact) mass is 230 g/mol. The topological polar surface area (TPSA) is 193 Å². The largest absolute Gasteiger partial charge is 0.466 e. The Balaban J connectivity index is -0.000000112. The quantitative estimate of drug-likeness (QED) is 0.111. The molecule has 0 heterocycles. The summed E-state index contributed by atoms with van der Waals surface area (Å²) in [6, 6.07) is 0. The summed E-state index contributed by atoms with van der Waals surface area (Å²) in [5, 5.41) is 12.0. The van der Waals surface area contributed by atoms with Gasteiger partial charge in [0.15, 0.2) is 0 Å². The van der Waals surface area contributed by atoms with E-state index < -0.39 is 18.2 Å². The van der Waals surface area contributed by atoms with Crippen molar-refractivity contribution in [3.63, 3.8) is 0 Å². The fourth-order valence-corrected chi connectivity index (χ4v) is 0. The highest BCUT2D eigenvalue weighted by molar-refractivity contribution is 7.79. The van der Waals surface area contributed by atoms with Crippen LogP contribution < -0.4 is 0 Å². The molecule has 0 saturated heterocycles. The lowest BCUT2D eigenvalue weighted by atomic mass is 15.0. The second-order valence-electron chi connectivity index (χ2n) is 0.961. The molecule has 0 fully saturated rings. The van der Waals surface area contributed by atoms with Crippen molar-refractivity contribution < 1.29 is 47.3 Å². The molecule has 0 aromatic rings. The van der Waals surface area contributed by atoms with E-state index in [1.54, 1.807) is 0 Å². The minimum absolute atomic E-state index is 4.64. The zero-order chi connectivity index (χ0) is 11.0. The van der Waals surface area contributed by atoms with E-state index in [2.05, 4.69) is 0 Å². The van der Waals surface area contributed by atoms with Crippen molar-refractivity contribution in [3.8, 4) is 0 Å². The second-order valence-corrected chi connectivity index (χ2v) is 2.88. The van der Waals surface area contributed by atoms with Crippen molar-refractivity contribution in [1.82, 2.24) is 0 Å². The molecule has 0 amide bonds. The molecule has 0 bridgehead atoms. The first-order valence-corrected chi connectivity index (χ1v) is 4.64. The lowest BCUT2D eigenvalue weighted by molar-refractivity contribution is -0.176. The maximum Gasteiger partial charge on any atom is 0.466 e. The van der Waals surface area contributed by atoms with Gasteiger partial charge in [0.2, 0.25) is 0 Å². The minimum atomic E-state index is -4.67. The van der Waals surface area contributed by atoms with E-state index in [9.17, 15) is 0 Å². The molecule has 0 spiro atoms. The first-order chi connectivity index (χ1) is 5.00. The lowest BCUT2D eigenvalue weighted by Crippen LogP contribution is -1.89. The molecule has 0 aromatic heterocycles. The van der Waals surface area contributed by atoms with Gasteiger partial charge in [-0.3, -0.25) is 19.6 Å². The Hall–Kier alpha value is -0.100. The molecule has 12 heteroatoms. The molecule has 0 radical (unpaired) electrons. The Kier molecular flexibility index (Phi) is 11.2. The summed E-state index contributed by atoms with van der Waals surface area (Å²) in [4.78, 5) is 21.6. The number of phosphoric acid groups is 1. The van der Waals surface area contributed by atoms with E-state index in [4.69, 9.17) is 47.3 Å². The maximum absolute atomic E-state index is 8.88. The SMILES string of the molecule is O=P(O)(O)O.O=S(=O)(O)O.OO. The highest BCUT2D eigenvalue weighted by atomic mass is 32.3. The summed E-state index contributed by atoms with van der Waals surface area (Å²) in [6.07, 6.45) is 0. The van der Waals surface area contributed by atoms with Gasteiger partial charge in [-0.25, -0.2) is 4.57 Å². The molecule has 0 unspecified atom stereocenters. The Morgan fingerprint density at radius 3 is 0.917 bits per heavy atom. The Bertz CT molecular complexity index is 188. The van der Waals surface area contributed by atoms with Crippen LogP contribution in [0.1, 0.15) is 0 Å². The summed E-state index contributed by atoms with van der Waals surface area (Å²) < 4.78 is 40.5. The Morgan fingerprint density at radius 2 is 0.917 bits per heavy atom. The third-order valence-corrected chi connectivity index (χ3v) is 0. The fraction of sp³-hybridized carbons (Fsp3) is 0. The molecule has 0 aliphatic rings. The molecule has 0 rings (SSSR count). The van der Waals surface area contributed by atoms with Crippen LogP contribution in [0, 0.1) is 0 Å². The van der Waals surface area contributed by atoms with E-state index >= 15 is 0 Å². The molecule has 0 aliphatic heterocycles. The standard InChI is InChI=1S/H3O4P.H2O4S.H2O2/c2*1-5(2,3)4;1-2/h(H3,1,2,3,4);(H2,1,2,3,4);1-2H. The normalized spacial score (nSPS) is 10.2. The summed E-state index contributed by atoms with van der Waals surface area (Å²) in [5.41, 5.74) is 0. The summed E-state index contributed by atoms with van der Waals surface area (Å²) in [7, 11) is -9.31. The van der Waals surface area contributed by atoms with Crippen LogP contribution in [0.25, 0.3) is 0 Å². The van der Waals surface area contributed by atoms with Crippen LogP contribution in [0.2, 0.25) is 0 Å². The van der Waals surface area contributed by atoms with Gasteiger partial charge in [-0.05, 0) is 0 Å². The number of rotatable bonds is 0. The summed E-state index contributed by atoms with van der Waals surface area (Å²) in [6.45, 7) is 0. The fourth-order valence-electron chi connectivity index (χ4n) is 0. The molecule has 0 aliphatic carbocycles. The van der Waals surface area contributed by atoms with Gasteiger partial charge in [-0.2, -0.15) is 8.42 Å². The molecular formula is H7O10PS. The van der Waals surface area contributed by atoms with E-state index in [1.165, 1.54) is 0 Å². The first kappa shape index (κ1) is 17.8. The number of hydrogen-bond donors (Lipinski definition) is 7. The molecule has 10 nitrogen and oxygen atoms in total. The van der Waals surface area contributed by atoms with E-state index in [0.29, 0.717) is 0 Å². The number of hydrogen-bond acceptors (Lipinski definition) is 5. The van der Waals surface area contributed by atoms with E-state index in [0.717, 1.165) is 0 Å². The molecule has 12 heavy (non-hydrogen) atoms. The molecule has 0 aromatic carbocycles. The maximum atomic E-state index is 8.88. The van der Waals surface area contributed by atoms with Crippen molar-refractivity contribution in [2.24, 2.45) is 0 Å². The minimum Gasteiger partial charge on any atom is -0.303 e. The summed E-state index contributed by atoms with van der Waals surface area (Å²) >= 11 is 0. The molecule has 0 atom stereocenters. The van der Waals surface area contributed by atoms with Crippen molar-refractivity contribution in [1.29, 1.82) is 0 Å². The van der Waals surface area contributed by atoms with Crippen LogP contribution in [-0.4, -0.2) is 42.7 Å². The molecule has 7 N–H and O–H groups in total. The lowest BCUT2D eigenvalue weighted by Gasteiger charge is -1.82. The zero-order valence-corrected chi connectivity index (χ0v) is 6.92. The van der Waals surface area contributed by atoms with Crippen LogP contribution in [0.15, 0.2) is 0 Å². The first-order valence-electron chi connectivity index (χ1n) is 1.68. The van der Waals surface area contributed by atoms with Crippen molar-refractivity contribution in [2.75, 3.05) is 0 Å². The van der Waals surface area contributed by atoms with Gasteiger partial charge in [0.1, 0.15) is 0 Å². The average molecular weight is 230 g/mol. The van der Waals surface area contributed by atoms with Gasteiger partial charge in [0, 0.05) is 0 Å². The van der Waals surface area contributed by atoms with Crippen LogP contribution >= 0.6 is 7.82 Å². The van der Waals surface area contributed by atoms with Crippen LogP contribution in [0.3, 0.4) is 0 Å². The van der Waals surface area contributed by atoms with Crippen LogP contribution in [0.4, 0.5) is 0 Å². The third-order valence-electron chi connectivity index (χ3n) is 0. The van der Waals surface area contributed by atoms with Gasteiger partial charge in [-0.1, -0.05) is 0 Å². The summed E-state index contributed by atoms with van der Waals surface area (Å²) in [5.74, 6) is 0. The predicted molar refractivity (Wildman–Crippen MR) is 33.7 cm³/mol. The van der Waals surface area contributed by atoms with E-state index in [1.807, 2.05) is 0 Å².